The van der Waals surface area contributed by atoms with Gasteiger partial charge in [0, 0.05) is 23.5 Å². The summed E-state index contributed by atoms with van der Waals surface area (Å²) < 4.78 is 0. The predicted molar refractivity (Wildman–Crippen MR) is 50.9 cm³/mol. The number of hydrogen-bond acceptors (Lipinski definition) is 2. The number of anilines is 1. The summed E-state index contributed by atoms with van der Waals surface area (Å²) in [5.41, 5.74) is 7.62. The summed E-state index contributed by atoms with van der Waals surface area (Å²) in [7, 11) is 0. The average Bonchev–Trinajstić information content (AvgIpc) is 2.04. The van der Waals surface area contributed by atoms with Gasteiger partial charge in [-0.25, -0.2) is 0 Å². The first kappa shape index (κ1) is 7.10. The van der Waals surface area contributed by atoms with Crippen LogP contribution in [0.5, 0.6) is 0 Å². The van der Waals surface area contributed by atoms with E-state index in [0.717, 1.165) is 11.1 Å². The summed E-state index contributed by atoms with van der Waals surface area (Å²) in [5, 5.41) is 2.33. The molecule has 0 amide bonds. The molecule has 0 aliphatic rings. The van der Waals surface area contributed by atoms with E-state index in [-0.39, 0.29) is 0 Å². The largest absolute Gasteiger partial charge is 0.399 e. The Kier molecular flexibility index (Phi) is 1.47. The van der Waals surface area contributed by atoms with Crippen LogP contribution in [0.3, 0.4) is 0 Å². The van der Waals surface area contributed by atoms with E-state index >= 15 is 0 Å². The van der Waals surface area contributed by atoms with Crippen molar-refractivity contribution in [3.8, 4) is 0 Å². The fourth-order valence-electron chi connectivity index (χ4n) is 1.35. The van der Waals surface area contributed by atoms with Gasteiger partial charge in [-0.3, -0.25) is 4.98 Å². The summed E-state index contributed by atoms with van der Waals surface area (Å²) in [6, 6.07) is 5.88. The molecule has 2 N–H and O–H groups in total. The molecule has 0 spiro atoms. The molecule has 0 saturated heterocycles. The van der Waals surface area contributed by atoms with Crippen molar-refractivity contribution in [1.82, 2.24) is 4.98 Å². The molecule has 0 saturated carbocycles. The molecule has 2 rings (SSSR count). The second-order valence-corrected chi connectivity index (χ2v) is 2.94. The average molecular weight is 158 g/mol. The Balaban J connectivity index is 2.86. The molecule has 0 bridgehead atoms. The lowest BCUT2D eigenvalue weighted by molar-refractivity contribution is 1.31. The number of benzene rings is 1. The van der Waals surface area contributed by atoms with Crippen molar-refractivity contribution in [2.24, 2.45) is 0 Å². The van der Waals surface area contributed by atoms with Crippen molar-refractivity contribution in [1.29, 1.82) is 0 Å². The van der Waals surface area contributed by atoms with E-state index < -0.39 is 0 Å². The number of nitrogens with two attached hydrogens (primary N) is 1. The van der Waals surface area contributed by atoms with Gasteiger partial charge < -0.3 is 5.73 Å². The van der Waals surface area contributed by atoms with Gasteiger partial charge in [-0.15, -0.1) is 0 Å². The number of rotatable bonds is 0. The van der Waals surface area contributed by atoms with E-state index in [1.54, 1.807) is 0 Å². The number of aromatic nitrogens is 1. The van der Waals surface area contributed by atoms with Gasteiger partial charge >= 0.3 is 0 Å². The van der Waals surface area contributed by atoms with Gasteiger partial charge in [0.05, 0.1) is 0 Å². The van der Waals surface area contributed by atoms with Gasteiger partial charge in [0.15, 0.2) is 0 Å². The molecule has 0 aliphatic carbocycles. The highest BCUT2D eigenvalue weighted by Gasteiger charge is 1.96. The number of hydrogen-bond donors (Lipinski definition) is 1. The van der Waals surface area contributed by atoms with Crippen molar-refractivity contribution in [2.75, 3.05) is 5.73 Å². The van der Waals surface area contributed by atoms with Gasteiger partial charge in [0.2, 0.25) is 0 Å². The molecule has 2 nitrogen and oxygen atoms in total. The van der Waals surface area contributed by atoms with Crippen LogP contribution in [-0.4, -0.2) is 4.98 Å². The second kappa shape index (κ2) is 2.48. The first-order valence-electron chi connectivity index (χ1n) is 3.87. The van der Waals surface area contributed by atoms with Gasteiger partial charge in [-0.2, -0.15) is 0 Å². The molecule has 1 aromatic heterocycles. The summed E-state index contributed by atoms with van der Waals surface area (Å²) in [6.45, 7) is 2.05. The summed E-state index contributed by atoms with van der Waals surface area (Å²) in [6.07, 6.45) is 3.69. The third-order valence-corrected chi connectivity index (χ3v) is 1.98. The van der Waals surface area contributed by atoms with Crippen LogP contribution in [0, 0.1) is 6.92 Å². The SMILES string of the molecule is Cc1cncc2cc(N)ccc12. The van der Waals surface area contributed by atoms with E-state index in [9.17, 15) is 0 Å². The Bertz CT molecular complexity index is 421. The summed E-state index contributed by atoms with van der Waals surface area (Å²) in [5.74, 6) is 0. The van der Waals surface area contributed by atoms with Crippen LogP contribution in [0.1, 0.15) is 5.56 Å². The van der Waals surface area contributed by atoms with Crippen molar-refractivity contribution >= 4 is 16.5 Å². The normalized spacial score (nSPS) is 10.4. The van der Waals surface area contributed by atoms with Crippen LogP contribution in [0.2, 0.25) is 0 Å². The number of fused-ring (bicyclic) bond motifs is 1. The minimum absolute atomic E-state index is 0.787. The van der Waals surface area contributed by atoms with Crippen LogP contribution >= 0.6 is 0 Å². The highest BCUT2D eigenvalue weighted by molar-refractivity contribution is 5.86. The van der Waals surface area contributed by atoms with Crippen molar-refractivity contribution in [3.63, 3.8) is 0 Å². The fourth-order valence-corrected chi connectivity index (χ4v) is 1.35. The zero-order chi connectivity index (χ0) is 8.55. The zero-order valence-electron chi connectivity index (χ0n) is 6.91. The van der Waals surface area contributed by atoms with E-state index in [2.05, 4.69) is 4.98 Å². The Morgan fingerprint density at radius 1 is 1.25 bits per heavy atom. The highest BCUT2D eigenvalue weighted by Crippen LogP contribution is 2.18. The lowest BCUT2D eigenvalue weighted by Crippen LogP contribution is -1.86. The molecule has 0 fully saturated rings. The van der Waals surface area contributed by atoms with Crippen LogP contribution in [0.15, 0.2) is 30.6 Å². The van der Waals surface area contributed by atoms with Crippen LogP contribution in [0.25, 0.3) is 10.8 Å². The lowest BCUT2D eigenvalue weighted by atomic mass is 10.1. The zero-order valence-corrected chi connectivity index (χ0v) is 6.91. The maximum Gasteiger partial charge on any atom is 0.0347 e. The molecule has 60 valence electrons. The Morgan fingerprint density at radius 2 is 2.08 bits per heavy atom. The Hall–Kier alpha value is -1.57. The number of nitrogens with zero attached hydrogens (tertiary/aromatic N) is 1. The third kappa shape index (κ3) is 1.01. The molecule has 12 heavy (non-hydrogen) atoms. The molecule has 0 aliphatic heterocycles. The van der Waals surface area contributed by atoms with Crippen LogP contribution < -0.4 is 5.73 Å². The van der Waals surface area contributed by atoms with E-state index in [0.29, 0.717) is 0 Å². The molecule has 2 heteroatoms. The van der Waals surface area contributed by atoms with Crippen molar-refractivity contribution in [2.45, 2.75) is 6.92 Å². The lowest BCUT2D eigenvalue weighted by Gasteiger charge is -2.00. The number of nitrogen functional groups attached to an aromatic ring is 1. The Labute approximate surface area is 71.0 Å². The number of aryl methyl sites for hydroxylation is 1. The standard InChI is InChI=1S/C10H10N2/c1-7-5-12-6-8-4-9(11)2-3-10(7)8/h2-6H,11H2,1H3. The van der Waals surface area contributed by atoms with E-state index in [1.165, 1.54) is 10.9 Å². The second-order valence-electron chi connectivity index (χ2n) is 2.94. The molecular weight excluding hydrogens is 148 g/mol. The molecule has 2 aromatic rings. The van der Waals surface area contributed by atoms with Gasteiger partial charge in [-0.05, 0) is 30.0 Å². The van der Waals surface area contributed by atoms with Crippen molar-refractivity contribution < 1.29 is 0 Å². The minimum atomic E-state index is 0.787. The maximum atomic E-state index is 5.65. The molecule has 0 atom stereocenters. The van der Waals surface area contributed by atoms with Gasteiger partial charge in [0.1, 0.15) is 0 Å². The van der Waals surface area contributed by atoms with Crippen LogP contribution in [0.4, 0.5) is 5.69 Å². The highest BCUT2D eigenvalue weighted by atomic mass is 14.6. The van der Waals surface area contributed by atoms with E-state index in [4.69, 9.17) is 5.73 Å². The summed E-state index contributed by atoms with van der Waals surface area (Å²) in [4.78, 5) is 4.10. The fraction of sp³-hybridized carbons (Fsp3) is 0.100. The quantitative estimate of drug-likeness (QED) is 0.596. The first-order chi connectivity index (χ1) is 5.77. The molecule has 1 aromatic carbocycles. The molecule has 1 heterocycles. The monoisotopic (exact) mass is 158 g/mol. The van der Waals surface area contributed by atoms with Gasteiger partial charge in [-0.1, -0.05) is 6.07 Å². The Morgan fingerprint density at radius 3 is 2.92 bits per heavy atom. The topological polar surface area (TPSA) is 38.9 Å². The van der Waals surface area contributed by atoms with Crippen molar-refractivity contribution in [3.05, 3.63) is 36.2 Å². The van der Waals surface area contributed by atoms with Gasteiger partial charge in [0.25, 0.3) is 0 Å². The molecule has 0 unspecified atom stereocenters. The maximum absolute atomic E-state index is 5.65. The molecular formula is C10H10N2. The third-order valence-electron chi connectivity index (χ3n) is 1.98. The summed E-state index contributed by atoms with van der Waals surface area (Å²) >= 11 is 0. The molecule has 0 radical (unpaired) electrons. The van der Waals surface area contributed by atoms with E-state index in [1.807, 2.05) is 37.5 Å². The first-order valence-corrected chi connectivity index (χ1v) is 3.87. The minimum Gasteiger partial charge on any atom is -0.399 e. The predicted octanol–water partition coefficient (Wildman–Crippen LogP) is 2.13. The number of pyridine rings is 1. The van der Waals surface area contributed by atoms with Crippen LogP contribution in [-0.2, 0) is 0 Å². The smallest absolute Gasteiger partial charge is 0.0347 e.